The number of aryl methyl sites for hydroxylation is 2. The van der Waals surface area contributed by atoms with E-state index >= 15 is 0 Å². The topological polar surface area (TPSA) is 101 Å². The van der Waals surface area contributed by atoms with E-state index in [1.165, 1.54) is 6.20 Å². The lowest BCUT2D eigenvalue weighted by Crippen LogP contribution is -2.48. The average molecular weight is 377 g/mol. The van der Waals surface area contributed by atoms with Crippen LogP contribution in [0.2, 0.25) is 0 Å². The predicted octanol–water partition coefficient (Wildman–Crippen LogP) is 0.789. The maximum absolute atomic E-state index is 13.2. The summed E-state index contributed by atoms with van der Waals surface area (Å²) in [6.45, 7) is 4.38. The number of sulfonamides is 1. The molecule has 8 nitrogen and oxygen atoms in total. The maximum atomic E-state index is 13.2. The molecule has 3 heterocycles. The Balaban J connectivity index is 1.75. The Labute approximate surface area is 152 Å². The molecule has 1 saturated heterocycles. The van der Waals surface area contributed by atoms with Crippen molar-refractivity contribution in [3.8, 4) is 0 Å². The first-order valence-corrected chi connectivity index (χ1v) is 10.3. The van der Waals surface area contributed by atoms with Gasteiger partial charge in [-0.1, -0.05) is 0 Å². The van der Waals surface area contributed by atoms with E-state index in [2.05, 4.69) is 15.1 Å². The summed E-state index contributed by atoms with van der Waals surface area (Å²) in [7, 11) is -1.89. The normalized spacial score (nSPS) is 23.5. The van der Waals surface area contributed by atoms with Gasteiger partial charge in [-0.3, -0.25) is 9.48 Å². The lowest BCUT2D eigenvalue weighted by atomic mass is 9.78. The van der Waals surface area contributed by atoms with E-state index in [4.69, 9.17) is 0 Å². The van der Waals surface area contributed by atoms with Crippen LogP contribution in [0.5, 0.6) is 0 Å². The molecule has 26 heavy (non-hydrogen) atoms. The van der Waals surface area contributed by atoms with Crippen LogP contribution in [0.15, 0.2) is 15.9 Å². The molecule has 1 N–H and O–H groups in total. The van der Waals surface area contributed by atoms with Crippen molar-refractivity contribution in [2.45, 2.75) is 49.8 Å². The first-order valence-electron chi connectivity index (χ1n) is 8.84. The summed E-state index contributed by atoms with van der Waals surface area (Å²) in [5.74, 6) is 0.582. The van der Waals surface area contributed by atoms with Gasteiger partial charge >= 0.3 is 0 Å². The largest absolute Gasteiger partial charge is 0.311 e. The molecule has 1 atom stereocenters. The van der Waals surface area contributed by atoms with Crippen molar-refractivity contribution >= 4 is 10.0 Å². The second kappa shape index (κ2) is 5.75. The number of aromatic nitrogens is 4. The van der Waals surface area contributed by atoms with Crippen molar-refractivity contribution in [1.29, 1.82) is 0 Å². The van der Waals surface area contributed by atoms with Crippen LogP contribution in [0.1, 0.15) is 42.0 Å². The summed E-state index contributed by atoms with van der Waals surface area (Å²) in [6.07, 6.45) is 4.44. The number of hydrogen-bond donors (Lipinski definition) is 1. The highest BCUT2D eigenvalue weighted by molar-refractivity contribution is 7.89. The van der Waals surface area contributed by atoms with Gasteiger partial charge in [0.15, 0.2) is 0 Å². The van der Waals surface area contributed by atoms with E-state index in [1.54, 1.807) is 29.9 Å². The number of piperidine rings is 1. The molecule has 0 saturated carbocycles. The van der Waals surface area contributed by atoms with Gasteiger partial charge in [0.25, 0.3) is 5.56 Å². The highest BCUT2D eigenvalue weighted by atomic mass is 32.2. The molecule has 9 heteroatoms. The molecule has 1 aliphatic heterocycles. The zero-order valence-electron chi connectivity index (χ0n) is 15.2. The summed E-state index contributed by atoms with van der Waals surface area (Å²) in [6, 6.07) is 0. The molecule has 0 radical (unpaired) electrons. The number of fused-ring (bicyclic) bond motifs is 2. The highest BCUT2D eigenvalue weighted by Crippen LogP contribution is 2.44. The minimum absolute atomic E-state index is 0.0903. The Morgan fingerprint density at radius 2 is 2.04 bits per heavy atom. The molecular weight excluding hydrogens is 354 g/mol. The molecule has 1 spiro atoms. The Morgan fingerprint density at radius 1 is 1.27 bits per heavy atom. The van der Waals surface area contributed by atoms with Gasteiger partial charge in [-0.15, -0.1) is 0 Å². The summed E-state index contributed by atoms with van der Waals surface area (Å²) in [5.41, 5.74) is 1.68. The van der Waals surface area contributed by atoms with E-state index in [-0.39, 0.29) is 15.9 Å². The van der Waals surface area contributed by atoms with Crippen LogP contribution < -0.4 is 5.56 Å². The molecule has 1 aliphatic carbocycles. The van der Waals surface area contributed by atoms with Gasteiger partial charge in [0.2, 0.25) is 10.0 Å². The molecule has 4 rings (SSSR count). The van der Waals surface area contributed by atoms with Gasteiger partial charge in [0.05, 0.1) is 17.6 Å². The predicted molar refractivity (Wildman–Crippen MR) is 95.5 cm³/mol. The van der Waals surface area contributed by atoms with Crippen LogP contribution in [-0.4, -0.2) is 45.6 Å². The minimum Gasteiger partial charge on any atom is -0.311 e. The molecule has 140 valence electrons. The summed E-state index contributed by atoms with van der Waals surface area (Å²) in [4.78, 5) is 19.9. The molecule has 2 aliphatic rings. The van der Waals surface area contributed by atoms with E-state index in [1.807, 2.05) is 0 Å². The molecule has 1 unspecified atom stereocenters. The Morgan fingerprint density at radius 3 is 2.73 bits per heavy atom. The van der Waals surface area contributed by atoms with E-state index < -0.39 is 10.0 Å². The van der Waals surface area contributed by atoms with Crippen molar-refractivity contribution in [2.75, 3.05) is 13.1 Å². The molecule has 0 amide bonds. The number of nitrogens with zero attached hydrogens (tertiary/aromatic N) is 4. The molecule has 2 aromatic rings. The summed E-state index contributed by atoms with van der Waals surface area (Å²) >= 11 is 0. The number of H-pyrrole nitrogens is 1. The molecule has 1 fully saturated rings. The van der Waals surface area contributed by atoms with Crippen molar-refractivity contribution < 1.29 is 8.42 Å². The van der Waals surface area contributed by atoms with E-state index in [9.17, 15) is 13.2 Å². The fraction of sp³-hybridized carbons (Fsp3) is 0.588. The van der Waals surface area contributed by atoms with Gasteiger partial charge in [-0.05, 0) is 39.5 Å². The number of aromatic amines is 1. The smallest absolute Gasteiger partial charge is 0.254 e. The fourth-order valence-corrected chi connectivity index (χ4v) is 6.08. The number of rotatable bonds is 2. The van der Waals surface area contributed by atoms with Gasteiger partial charge < -0.3 is 4.98 Å². The Hall–Kier alpha value is -2.00. The zero-order valence-corrected chi connectivity index (χ0v) is 16.1. The lowest BCUT2D eigenvalue weighted by molar-refractivity contribution is 0.219. The number of nitrogens with one attached hydrogen (secondary N) is 1. The lowest BCUT2D eigenvalue weighted by Gasteiger charge is -2.39. The minimum atomic E-state index is -3.62. The van der Waals surface area contributed by atoms with Gasteiger partial charge in [-0.25, -0.2) is 13.4 Å². The molecular formula is C17H23N5O3S. The molecule has 0 bridgehead atoms. The van der Waals surface area contributed by atoms with Crippen LogP contribution in [0, 0.1) is 13.8 Å². The van der Waals surface area contributed by atoms with Crippen molar-refractivity contribution in [1.82, 2.24) is 24.1 Å². The van der Waals surface area contributed by atoms with Crippen LogP contribution in [0.4, 0.5) is 0 Å². The SMILES string of the molecule is Cc1nc2c(c(=O)[nH]1)CCC21CCCN(S(=O)(=O)c2cnn(C)c2C)C1. The van der Waals surface area contributed by atoms with Gasteiger partial charge in [0, 0.05) is 31.1 Å². The van der Waals surface area contributed by atoms with Gasteiger partial charge in [-0.2, -0.15) is 9.40 Å². The first kappa shape index (κ1) is 17.4. The third kappa shape index (κ3) is 2.44. The Kier molecular flexibility index (Phi) is 3.85. The van der Waals surface area contributed by atoms with E-state index in [0.717, 1.165) is 25.0 Å². The van der Waals surface area contributed by atoms with Crippen LogP contribution in [-0.2, 0) is 28.9 Å². The van der Waals surface area contributed by atoms with E-state index in [0.29, 0.717) is 36.6 Å². The van der Waals surface area contributed by atoms with Crippen molar-refractivity contribution in [3.05, 3.63) is 39.3 Å². The summed E-state index contributed by atoms with van der Waals surface area (Å²) in [5, 5.41) is 4.08. The van der Waals surface area contributed by atoms with Crippen molar-refractivity contribution in [3.63, 3.8) is 0 Å². The third-order valence-electron chi connectivity index (χ3n) is 5.84. The second-order valence-electron chi connectivity index (χ2n) is 7.42. The molecule has 2 aromatic heterocycles. The highest BCUT2D eigenvalue weighted by Gasteiger charge is 2.47. The fourth-order valence-electron chi connectivity index (χ4n) is 4.33. The summed E-state index contributed by atoms with van der Waals surface area (Å²) < 4.78 is 29.5. The van der Waals surface area contributed by atoms with Crippen LogP contribution >= 0.6 is 0 Å². The monoisotopic (exact) mass is 377 g/mol. The van der Waals surface area contributed by atoms with Gasteiger partial charge in [0.1, 0.15) is 10.7 Å². The average Bonchev–Trinajstić information content (AvgIpc) is 3.10. The first-order chi connectivity index (χ1) is 12.2. The number of hydrogen-bond acceptors (Lipinski definition) is 5. The van der Waals surface area contributed by atoms with Crippen LogP contribution in [0.25, 0.3) is 0 Å². The molecule has 0 aromatic carbocycles. The standard InChI is InChI=1S/C17H23N5O3S/c1-11-14(9-18-21(11)3)26(24,25)22-8-4-6-17(10-22)7-5-13-15(17)19-12(2)20-16(13)23/h9H,4-8,10H2,1-3H3,(H,19,20,23). The third-order valence-corrected chi connectivity index (χ3v) is 7.79. The van der Waals surface area contributed by atoms with Crippen molar-refractivity contribution in [2.24, 2.45) is 7.05 Å². The second-order valence-corrected chi connectivity index (χ2v) is 9.33. The van der Waals surface area contributed by atoms with Crippen LogP contribution in [0.3, 0.4) is 0 Å². The maximum Gasteiger partial charge on any atom is 0.254 e. The zero-order chi connectivity index (χ0) is 18.7. The Bertz CT molecular complexity index is 1040. The quantitative estimate of drug-likeness (QED) is 0.834.